The lowest BCUT2D eigenvalue weighted by Gasteiger charge is -2.32. The van der Waals surface area contributed by atoms with Crippen LogP contribution in [-0.4, -0.2) is 53.0 Å². The Hall–Kier alpha value is -1.81. The predicted octanol–water partition coefficient (Wildman–Crippen LogP) is 2.34. The molecule has 4 nitrogen and oxygen atoms in total. The first-order valence-electron chi connectivity index (χ1n) is 8.17. The van der Waals surface area contributed by atoms with Crippen LogP contribution in [0.2, 0.25) is 0 Å². The highest BCUT2D eigenvalue weighted by molar-refractivity contribution is 6.07. The molecule has 3 saturated heterocycles. The van der Waals surface area contributed by atoms with E-state index >= 15 is 0 Å². The van der Waals surface area contributed by atoms with Gasteiger partial charge in [-0.15, -0.1) is 0 Å². The minimum atomic E-state index is 0.198. The molecule has 1 amide bonds. The number of piperidine rings is 1. The fourth-order valence-electron chi connectivity index (χ4n) is 4.16. The number of likely N-dealkylation sites (N-methyl/N-ethyl adjacent to an activating group) is 1. The van der Waals surface area contributed by atoms with Gasteiger partial charge < -0.3 is 14.4 Å². The predicted molar refractivity (Wildman–Crippen MR) is 88.0 cm³/mol. The average Bonchev–Trinajstić information content (AvgIpc) is 2.67. The third-order valence-corrected chi connectivity index (χ3v) is 5.40. The Morgan fingerprint density at radius 3 is 2.73 bits per heavy atom. The van der Waals surface area contributed by atoms with Crippen molar-refractivity contribution in [1.82, 2.24) is 14.4 Å². The molecular weight excluding hydrogens is 274 g/mol. The molecule has 22 heavy (non-hydrogen) atoms. The molecule has 0 N–H and O–H groups in total. The molecule has 2 bridgehead atoms. The molecule has 3 aliphatic heterocycles. The highest BCUT2D eigenvalue weighted by Crippen LogP contribution is 2.29. The van der Waals surface area contributed by atoms with Gasteiger partial charge in [0, 0.05) is 49.8 Å². The van der Waals surface area contributed by atoms with Crippen LogP contribution in [0.1, 0.15) is 23.2 Å². The first-order chi connectivity index (χ1) is 10.6. The summed E-state index contributed by atoms with van der Waals surface area (Å²) in [4.78, 5) is 17.6. The molecule has 5 rings (SSSR count). The zero-order chi connectivity index (χ0) is 15.3. The van der Waals surface area contributed by atoms with Gasteiger partial charge in [0.15, 0.2) is 0 Å². The van der Waals surface area contributed by atoms with Crippen molar-refractivity contribution in [2.45, 2.75) is 18.9 Å². The summed E-state index contributed by atoms with van der Waals surface area (Å²) in [7, 11) is 4.21. The molecule has 1 aromatic carbocycles. The van der Waals surface area contributed by atoms with Crippen LogP contribution in [0.15, 0.2) is 30.5 Å². The van der Waals surface area contributed by atoms with E-state index < -0.39 is 0 Å². The second kappa shape index (κ2) is 5.13. The molecule has 2 atom stereocenters. The van der Waals surface area contributed by atoms with Crippen LogP contribution < -0.4 is 0 Å². The van der Waals surface area contributed by atoms with Gasteiger partial charge >= 0.3 is 0 Å². The molecular formula is C18H23N3O. The second-order valence-electron chi connectivity index (χ2n) is 6.92. The Balaban J connectivity index is 1.69. The molecule has 0 aliphatic carbocycles. The van der Waals surface area contributed by atoms with E-state index in [1.165, 1.54) is 12.8 Å². The lowest BCUT2D eigenvalue weighted by molar-refractivity contribution is 0.0744. The smallest absolute Gasteiger partial charge is 0.256 e. The van der Waals surface area contributed by atoms with Gasteiger partial charge in [-0.3, -0.25) is 4.79 Å². The Morgan fingerprint density at radius 1 is 1.09 bits per heavy atom. The Labute approximate surface area is 131 Å². The molecule has 0 spiro atoms. The van der Waals surface area contributed by atoms with Crippen LogP contribution in [0, 0.1) is 5.92 Å². The molecule has 2 aromatic rings. The number of aromatic nitrogens is 1. The van der Waals surface area contributed by atoms with Crippen molar-refractivity contribution in [2.24, 2.45) is 13.0 Å². The van der Waals surface area contributed by atoms with Crippen LogP contribution in [0.4, 0.5) is 0 Å². The number of para-hydroxylation sites is 1. The molecule has 3 fully saturated rings. The minimum absolute atomic E-state index is 0.198. The van der Waals surface area contributed by atoms with Crippen LogP contribution in [0.25, 0.3) is 10.9 Å². The maximum Gasteiger partial charge on any atom is 0.256 e. The summed E-state index contributed by atoms with van der Waals surface area (Å²) in [6, 6.07) is 8.70. The fourth-order valence-corrected chi connectivity index (χ4v) is 4.16. The van der Waals surface area contributed by atoms with E-state index in [0.717, 1.165) is 36.1 Å². The minimum Gasteiger partial charge on any atom is -0.350 e. The molecule has 4 heterocycles. The van der Waals surface area contributed by atoms with Crippen LogP contribution in [-0.2, 0) is 7.05 Å². The van der Waals surface area contributed by atoms with Gasteiger partial charge in [0.05, 0.1) is 5.56 Å². The van der Waals surface area contributed by atoms with Gasteiger partial charge in [-0.25, -0.2) is 0 Å². The summed E-state index contributed by atoms with van der Waals surface area (Å²) < 4.78 is 2.06. The van der Waals surface area contributed by atoms with E-state index in [0.29, 0.717) is 12.0 Å². The number of carbonyl (C=O) groups excluding carboxylic acids is 1. The maximum absolute atomic E-state index is 13.1. The maximum atomic E-state index is 13.1. The number of hydrogen-bond donors (Lipinski definition) is 0. The van der Waals surface area contributed by atoms with E-state index in [1.807, 2.05) is 25.4 Å². The lowest BCUT2D eigenvalue weighted by atomic mass is 9.96. The number of aryl methyl sites for hydroxylation is 1. The molecule has 0 saturated carbocycles. The van der Waals surface area contributed by atoms with Gasteiger partial charge in [0.1, 0.15) is 0 Å². The summed E-state index contributed by atoms with van der Waals surface area (Å²) >= 11 is 0. The first-order valence-corrected chi connectivity index (χ1v) is 8.17. The summed E-state index contributed by atoms with van der Waals surface area (Å²) in [5.74, 6) is 0.826. The van der Waals surface area contributed by atoms with Gasteiger partial charge in [0.2, 0.25) is 0 Å². The van der Waals surface area contributed by atoms with Crippen molar-refractivity contribution in [3.63, 3.8) is 0 Å². The van der Waals surface area contributed by atoms with Crippen molar-refractivity contribution in [2.75, 3.05) is 26.7 Å². The number of rotatable bonds is 1. The van der Waals surface area contributed by atoms with Crippen molar-refractivity contribution in [1.29, 1.82) is 0 Å². The SMILES string of the molecule is CN1C[C@@H]2CC[C@H]1CN(C(=O)c1cn(C)c3ccccc13)C2. The Bertz CT molecular complexity index is 720. The Morgan fingerprint density at radius 2 is 1.91 bits per heavy atom. The number of carbonyl (C=O) groups is 1. The van der Waals surface area contributed by atoms with Crippen LogP contribution >= 0.6 is 0 Å². The van der Waals surface area contributed by atoms with E-state index in [4.69, 9.17) is 0 Å². The van der Waals surface area contributed by atoms with Crippen LogP contribution in [0.3, 0.4) is 0 Å². The van der Waals surface area contributed by atoms with Gasteiger partial charge in [-0.1, -0.05) is 18.2 Å². The number of nitrogens with zero attached hydrogens (tertiary/aromatic N) is 3. The number of fused-ring (bicyclic) bond motifs is 5. The zero-order valence-corrected chi connectivity index (χ0v) is 13.3. The van der Waals surface area contributed by atoms with Gasteiger partial charge in [0.25, 0.3) is 5.91 Å². The third kappa shape index (κ3) is 2.13. The molecule has 0 unspecified atom stereocenters. The standard InChI is InChI=1S/C18H23N3O/c1-19-9-13-7-8-14(19)11-21(10-13)18(22)16-12-20(2)17-6-4-3-5-15(16)17/h3-6,12-14H,7-11H2,1-2H3/t13-,14-/m0/s1. The first kappa shape index (κ1) is 13.8. The van der Waals surface area contributed by atoms with Crippen molar-refractivity contribution < 1.29 is 4.79 Å². The quantitative estimate of drug-likeness (QED) is 0.808. The van der Waals surface area contributed by atoms with Crippen molar-refractivity contribution in [3.05, 3.63) is 36.0 Å². The van der Waals surface area contributed by atoms with Crippen molar-refractivity contribution in [3.8, 4) is 0 Å². The molecule has 0 radical (unpaired) electrons. The summed E-state index contributed by atoms with van der Waals surface area (Å²) in [6.07, 6.45) is 4.47. The number of hydrogen-bond acceptors (Lipinski definition) is 2. The number of benzene rings is 1. The molecule has 116 valence electrons. The van der Waals surface area contributed by atoms with Gasteiger partial charge in [-0.2, -0.15) is 0 Å². The van der Waals surface area contributed by atoms with Crippen molar-refractivity contribution >= 4 is 16.8 Å². The monoisotopic (exact) mass is 297 g/mol. The number of amides is 1. The summed E-state index contributed by atoms with van der Waals surface area (Å²) in [6.45, 7) is 2.90. The molecule has 4 heteroatoms. The Kier molecular flexibility index (Phi) is 3.22. The van der Waals surface area contributed by atoms with Crippen LogP contribution in [0.5, 0.6) is 0 Å². The molecule has 1 aromatic heterocycles. The van der Waals surface area contributed by atoms with E-state index in [9.17, 15) is 4.79 Å². The summed E-state index contributed by atoms with van der Waals surface area (Å²) in [5.41, 5.74) is 1.97. The molecule has 3 aliphatic rings. The zero-order valence-electron chi connectivity index (χ0n) is 13.3. The topological polar surface area (TPSA) is 28.5 Å². The normalized spacial score (nSPS) is 25.6. The fraction of sp³-hybridized carbons (Fsp3) is 0.500. The lowest BCUT2D eigenvalue weighted by Crippen LogP contribution is -2.41. The van der Waals surface area contributed by atoms with E-state index in [-0.39, 0.29) is 5.91 Å². The third-order valence-electron chi connectivity index (χ3n) is 5.40. The average molecular weight is 297 g/mol. The highest BCUT2D eigenvalue weighted by atomic mass is 16.2. The van der Waals surface area contributed by atoms with E-state index in [2.05, 4.69) is 33.5 Å². The van der Waals surface area contributed by atoms with Gasteiger partial charge in [-0.05, 0) is 31.9 Å². The summed E-state index contributed by atoms with van der Waals surface area (Å²) in [5, 5.41) is 1.07. The van der Waals surface area contributed by atoms with E-state index in [1.54, 1.807) is 0 Å². The largest absolute Gasteiger partial charge is 0.350 e. The highest BCUT2D eigenvalue weighted by Gasteiger charge is 2.35. The second-order valence-corrected chi connectivity index (χ2v) is 6.92.